The maximum absolute atomic E-state index is 12.5. The van der Waals surface area contributed by atoms with E-state index in [2.05, 4.69) is 5.32 Å². The lowest BCUT2D eigenvalue weighted by atomic mass is 10.3. The highest BCUT2D eigenvalue weighted by Gasteiger charge is 2.31. The summed E-state index contributed by atoms with van der Waals surface area (Å²) in [5.41, 5.74) is -0.303. The lowest BCUT2D eigenvalue weighted by Gasteiger charge is -2.17. The number of para-hydroxylation sites is 1. The van der Waals surface area contributed by atoms with Crippen molar-refractivity contribution in [2.45, 2.75) is 11.8 Å². The van der Waals surface area contributed by atoms with Crippen LogP contribution in [0.2, 0.25) is 0 Å². The highest BCUT2D eigenvalue weighted by atomic mass is 32.2. The Balaban J connectivity index is 3.22. The number of hydrogen-bond donors (Lipinski definition) is 1. The van der Waals surface area contributed by atoms with Crippen molar-refractivity contribution in [3.63, 3.8) is 0 Å². The smallest absolute Gasteiger partial charge is 0.312 e. The molecule has 0 unspecified atom stereocenters. The average molecular weight is 317 g/mol. The molecule has 0 aliphatic heterocycles. The lowest BCUT2D eigenvalue weighted by molar-refractivity contribution is -0.386. The molecule has 0 aliphatic carbocycles. The first kappa shape index (κ1) is 17.3. The Morgan fingerprint density at radius 2 is 2.10 bits per heavy atom. The van der Waals surface area contributed by atoms with Gasteiger partial charge < -0.3 is 10.1 Å². The van der Waals surface area contributed by atoms with Crippen LogP contribution in [0.1, 0.15) is 6.92 Å². The Labute approximate surface area is 123 Å². The second-order valence-electron chi connectivity index (χ2n) is 4.18. The zero-order chi connectivity index (χ0) is 16.0. The highest BCUT2D eigenvalue weighted by molar-refractivity contribution is 7.89. The van der Waals surface area contributed by atoms with Gasteiger partial charge in [0.25, 0.3) is 0 Å². The van der Waals surface area contributed by atoms with Crippen molar-refractivity contribution in [3.8, 4) is 0 Å². The molecule has 0 bridgehead atoms. The van der Waals surface area contributed by atoms with Gasteiger partial charge in [-0.25, -0.2) is 8.42 Å². The van der Waals surface area contributed by atoms with E-state index in [9.17, 15) is 18.5 Å². The quantitative estimate of drug-likeness (QED) is 0.440. The van der Waals surface area contributed by atoms with E-state index in [1.165, 1.54) is 32.3 Å². The SMILES string of the molecule is CCOCCN(C)S(=O)(=O)c1cccc(NC)c1[N+](=O)[O-]. The molecule has 1 aromatic rings. The summed E-state index contributed by atoms with van der Waals surface area (Å²) in [6.07, 6.45) is 0. The van der Waals surface area contributed by atoms with Gasteiger partial charge in [0.2, 0.25) is 10.0 Å². The first-order valence-electron chi connectivity index (χ1n) is 6.35. The molecule has 0 fully saturated rings. The van der Waals surface area contributed by atoms with Gasteiger partial charge in [0.1, 0.15) is 5.69 Å². The fourth-order valence-electron chi connectivity index (χ4n) is 1.75. The zero-order valence-corrected chi connectivity index (χ0v) is 13.0. The Bertz CT molecular complexity index is 603. The number of benzene rings is 1. The number of nitro groups is 1. The molecule has 1 N–H and O–H groups in total. The maximum Gasteiger partial charge on any atom is 0.312 e. The van der Waals surface area contributed by atoms with Crippen LogP contribution in [0.15, 0.2) is 23.1 Å². The third-order valence-corrected chi connectivity index (χ3v) is 4.78. The van der Waals surface area contributed by atoms with E-state index < -0.39 is 20.6 Å². The fourth-order valence-corrected chi connectivity index (χ4v) is 3.08. The van der Waals surface area contributed by atoms with E-state index in [0.29, 0.717) is 6.61 Å². The molecule has 1 aromatic carbocycles. The number of nitrogens with one attached hydrogen (secondary N) is 1. The molecule has 0 saturated carbocycles. The third-order valence-electron chi connectivity index (χ3n) is 2.89. The summed E-state index contributed by atoms with van der Waals surface area (Å²) in [5, 5.41) is 13.8. The molecular weight excluding hydrogens is 298 g/mol. The normalized spacial score (nSPS) is 11.6. The van der Waals surface area contributed by atoms with Crippen molar-refractivity contribution in [3.05, 3.63) is 28.3 Å². The van der Waals surface area contributed by atoms with Gasteiger partial charge >= 0.3 is 5.69 Å². The predicted molar refractivity (Wildman–Crippen MR) is 79.0 cm³/mol. The number of anilines is 1. The highest BCUT2D eigenvalue weighted by Crippen LogP contribution is 2.32. The first-order valence-corrected chi connectivity index (χ1v) is 7.79. The summed E-state index contributed by atoms with van der Waals surface area (Å²) >= 11 is 0. The van der Waals surface area contributed by atoms with E-state index in [0.717, 1.165) is 4.31 Å². The zero-order valence-electron chi connectivity index (χ0n) is 12.2. The van der Waals surface area contributed by atoms with Crippen LogP contribution >= 0.6 is 0 Å². The molecule has 118 valence electrons. The molecule has 8 nitrogen and oxygen atoms in total. The Morgan fingerprint density at radius 3 is 2.62 bits per heavy atom. The second kappa shape index (κ2) is 7.34. The van der Waals surface area contributed by atoms with Crippen LogP contribution in [0.4, 0.5) is 11.4 Å². The second-order valence-corrected chi connectivity index (χ2v) is 6.20. The molecule has 0 aliphatic rings. The number of ether oxygens (including phenoxy) is 1. The van der Waals surface area contributed by atoms with Gasteiger partial charge in [-0.15, -0.1) is 0 Å². The predicted octanol–water partition coefficient (Wildman–Crippen LogP) is 1.29. The standard InChI is InChI=1S/C12H19N3O5S/c1-4-20-9-8-14(3)21(18,19)11-7-5-6-10(13-2)12(11)15(16)17/h5-7,13H,4,8-9H2,1-3H3. The van der Waals surface area contributed by atoms with E-state index in [4.69, 9.17) is 4.74 Å². The molecule has 0 amide bonds. The molecule has 1 rings (SSSR count). The first-order chi connectivity index (χ1) is 9.86. The van der Waals surface area contributed by atoms with Crippen molar-refractivity contribution >= 4 is 21.4 Å². The molecule has 0 aromatic heterocycles. The van der Waals surface area contributed by atoms with Crippen LogP contribution < -0.4 is 5.32 Å². The van der Waals surface area contributed by atoms with Crippen LogP contribution in [-0.2, 0) is 14.8 Å². The van der Waals surface area contributed by atoms with Crippen LogP contribution in [0.5, 0.6) is 0 Å². The van der Waals surface area contributed by atoms with Crippen molar-refractivity contribution in [1.29, 1.82) is 0 Å². The molecule has 21 heavy (non-hydrogen) atoms. The number of rotatable bonds is 8. The van der Waals surface area contributed by atoms with Crippen LogP contribution in [0.25, 0.3) is 0 Å². The largest absolute Gasteiger partial charge is 0.383 e. The molecule has 0 saturated heterocycles. The number of nitro benzene ring substituents is 1. The fraction of sp³-hybridized carbons (Fsp3) is 0.500. The van der Waals surface area contributed by atoms with Gasteiger partial charge in [0.15, 0.2) is 4.90 Å². The van der Waals surface area contributed by atoms with Gasteiger partial charge in [-0.3, -0.25) is 10.1 Å². The summed E-state index contributed by atoms with van der Waals surface area (Å²) in [6, 6.07) is 4.14. The van der Waals surface area contributed by atoms with Crippen molar-refractivity contribution in [1.82, 2.24) is 4.31 Å². The lowest BCUT2D eigenvalue weighted by Crippen LogP contribution is -2.30. The summed E-state index contributed by atoms with van der Waals surface area (Å²) < 4.78 is 31.1. The number of nitrogens with zero attached hydrogens (tertiary/aromatic N) is 2. The van der Waals surface area contributed by atoms with Crippen LogP contribution in [-0.4, -0.2) is 51.5 Å². The third kappa shape index (κ3) is 3.90. The number of sulfonamides is 1. The average Bonchev–Trinajstić information content (AvgIpc) is 2.46. The monoisotopic (exact) mass is 317 g/mol. The van der Waals surface area contributed by atoms with Crippen molar-refractivity contribution < 1.29 is 18.1 Å². The Morgan fingerprint density at radius 1 is 1.43 bits per heavy atom. The summed E-state index contributed by atoms with van der Waals surface area (Å²) in [7, 11) is -1.09. The molecule has 9 heteroatoms. The van der Waals surface area contributed by atoms with Gasteiger partial charge in [-0.2, -0.15) is 4.31 Å². The molecule has 0 atom stereocenters. The van der Waals surface area contributed by atoms with E-state index in [-0.39, 0.29) is 23.7 Å². The summed E-state index contributed by atoms with van der Waals surface area (Å²) in [5.74, 6) is 0. The van der Waals surface area contributed by atoms with E-state index in [1.54, 1.807) is 6.92 Å². The van der Waals surface area contributed by atoms with Crippen molar-refractivity contribution in [2.24, 2.45) is 0 Å². The van der Waals surface area contributed by atoms with E-state index in [1.807, 2.05) is 0 Å². The van der Waals surface area contributed by atoms with E-state index >= 15 is 0 Å². The van der Waals surface area contributed by atoms with Gasteiger partial charge in [0, 0.05) is 27.2 Å². The van der Waals surface area contributed by atoms with Crippen molar-refractivity contribution in [2.75, 3.05) is 39.2 Å². The molecule has 0 spiro atoms. The maximum atomic E-state index is 12.5. The minimum atomic E-state index is -3.96. The van der Waals surface area contributed by atoms with Crippen LogP contribution in [0.3, 0.4) is 0 Å². The molecule has 0 radical (unpaired) electrons. The Hall–Kier alpha value is -1.71. The Kier molecular flexibility index (Phi) is 6.06. The van der Waals surface area contributed by atoms with Gasteiger partial charge in [-0.1, -0.05) is 6.07 Å². The molecular formula is C12H19N3O5S. The summed E-state index contributed by atoms with van der Waals surface area (Å²) in [6.45, 7) is 2.63. The summed E-state index contributed by atoms with van der Waals surface area (Å²) in [4.78, 5) is 10.2. The minimum absolute atomic E-state index is 0.122. The molecule has 0 heterocycles. The topological polar surface area (TPSA) is 102 Å². The number of likely N-dealkylation sites (N-methyl/N-ethyl adjacent to an activating group) is 1. The minimum Gasteiger partial charge on any atom is -0.383 e. The van der Waals surface area contributed by atoms with Gasteiger partial charge in [-0.05, 0) is 19.1 Å². The van der Waals surface area contributed by atoms with Crippen LogP contribution in [0, 0.1) is 10.1 Å². The number of hydrogen-bond acceptors (Lipinski definition) is 6. The van der Waals surface area contributed by atoms with Gasteiger partial charge in [0.05, 0.1) is 11.5 Å².